The molecule has 6 heteroatoms. The maximum Gasteiger partial charge on any atom is 0.338 e. The van der Waals surface area contributed by atoms with Crippen LogP contribution in [0.15, 0.2) is 29.6 Å². The highest BCUT2D eigenvalue weighted by atomic mass is 32.1. The number of nitrogens with zero attached hydrogens (tertiary/aromatic N) is 1. The SMILES string of the molecule is N#Cc1csc(CNc2ccc(F)c(C(=O)O)c2)c1. The van der Waals surface area contributed by atoms with Crippen LogP contribution in [0.3, 0.4) is 0 Å². The number of nitrogens with one attached hydrogen (secondary N) is 1. The smallest absolute Gasteiger partial charge is 0.338 e. The molecule has 0 saturated heterocycles. The Kier molecular flexibility index (Phi) is 3.78. The number of benzene rings is 1. The molecule has 4 nitrogen and oxygen atoms in total. The van der Waals surface area contributed by atoms with Crippen molar-refractivity contribution in [1.82, 2.24) is 0 Å². The minimum atomic E-state index is -1.30. The van der Waals surface area contributed by atoms with Crippen LogP contribution >= 0.6 is 11.3 Å². The Morgan fingerprint density at radius 2 is 2.26 bits per heavy atom. The maximum absolute atomic E-state index is 13.2. The Morgan fingerprint density at radius 1 is 1.47 bits per heavy atom. The lowest BCUT2D eigenvalue weighted by atomic mass is 10.2. The van der Waals surface area contributed by atoms with Gasteiger partial charge in [-0.25, -0.2) is 9.18 Å². The number of hydrogen-bond acceptors (Lipinski definition) is 4. The third-order valence-electron chi connectivity index (χ3n) is 2.45. The van der Waals surface area contributed by atoms with Crippen molar-refractivity contribution in [1.29, 1.82) is 5.26 Å². The first kappa shape index (κ1) is 13.1. The summed E-state index contributed by atoms with van der Waals surface area (Å²) >= 11 is 1.43. The molecule has 1 aromatic carbocycles. The van der Waals surface area contributed by atoms with Crippen LogP contribution in [0.5, 0.6) is 0 Å². The Labute approximate surface area is 112 Å². The van der Waals surface area contributed by atoms with Crippen molar-refractivity contribution in [2.24, 2.45) is 0 Å². The number of thiophene rings is 1. The number of rotatable bonds is 4. The van der Waals surface area contributed by atoms with E-state index < -0.39 is 11.8 Å². The van der Waals surface area contributed by atoms with Gasteiger partial charge in [0.2, 0.25) is 0 Å². The lowest BCUT2D eigenvalue weighted by Gasteiger charge is -2.06. The second-order valence-electron chi connectivity index (χ2n) is 3.77. The Morgan fingerprint density at radius 3 is 2.89 bits per heavy atom. The highest BCUT2D eigenvalue weighted by molar-refractivity contribution is 7.10. The van der Waals surface area contributed by atoms with Crippen molar-refractivity contribution in [3.8, 4) is 6.07 Å². The van der Waals surface area contributed by atoms with Crippen LogP contribution in [-0.2, 0) is 6.54 Å². The van der Waals surface area contributed by atoms with Crippen LogP contribution in [-0.4, -0.2) is 11.1 Å². The minimum Gasteiger partial charge on any atom is -0.478 e. The molecule has 0 spiro atoms. The van der Waals surface area contributed by atoms with Gasteiger partial charge < -0.3 is 10.4 Å². The second kappa shape index (κ2) is 5.50. The summed E-state index contributed by atoms with van der Waals surface area (Å²) < 4.78 is 13.2. The molecule has 96 valence electrons. The van der Waals surface area contributed by atoms with Crippen molar-refractivity contribution in [2.45, 2.75) is 6.54 Å². The molecule has 1 heterocycles. The van der Waals surface area contributed by atoms with Crippen LogP contribution in [0.4, 0.5) is 10.1 Å². The largest absolute Gasteiger partial charge is 0.478 e. The monoisotopic (exact) mass is 276 g/mol. The van der Waals surface area contributed by atoms with Crippen molar-refractivity contribution in [3.05, 3.63) is 51.5 Å². The molecule has 2 rings (SSSR count). The number of carbonyl (C=O) groups is 1. The van der Waals surface area contributed by atoms with Gasteiger partial charge in [-0.15, -0.1) is 11.3 Å². The first-order valence-corrected chi connectivity index (χ1v) is 6.22. The summed E-state index contributed by atoms with van der Waals surface area (Å²) in [4.78, 5) is 11.7. The molecule has 0 fully saturated rings. The average molecular weight is 276 g/mol. The summed E-state index contributed by atoms with van der Waals surface area (Å²) in [7, 11) is 0. The summed E-state index contributed by atoms with van der Waals surface area (Å²) in [5.41, 5.74) is 0.742. The van der Waals surface area contributed by atoms with E-state index in [1.165, 1.54) is 23.5 Å². The van der Waals surface area contributed by atoms with E-state index in [4.69, 9.17) is 10.4 Å². The third-order valence-corrected chi connectivity index (χ3v) is 3.38. The molecule has 1 aromatic heterocycles. The zero-order valence-electron chi connectivity index (χ0n) is 9.68. The Balaban J connectivity index is 2.09. The molecule has 0 unspecified atom stereocenters. The van der Waals surface area contributed by atoms with Gasteiger partial charge in [0.15, 0.2) is 0 Å². The van der Waals surface area contributed by atoms with Crippen LogP contribution in [0.1, 0.15) is 20.8 Å². The third kappa shape index (κ3) is 3.09. The fourth-order valence-corrected chi connectivity index (χ4v) is 2.27. The van der Waals surface area contributed by atoms with Crippen LogP contribution < -0.4 is 5.32 Å². The second-order valence-corrected chi connectivity index (χ2v) is 4.76. The number of halogens is 1. The zero-order chi connectivity index (χ0) is 13.8. The first-order chi connectivity index (χ1) is 9.10. The van der Waals surface area contributed by atoms with Gasteiger partial charge in [-0.3, -0.25) is 0 Å². The van der Waals surface area contributed by atoms with E-state index in [9.17, 15) is 9.18 Å². The van der Waals surface area contributed by atoms with E-state index in [1.807, 2.05) is 6.07 Å². The van der Waals surface area contributed by atoms with Crippen LogP contribution in [0, 0.1) is 17.1 Å². The van der Waals surface area contributed by atoms with Gasteiger partial charge in [-0.1, -0.05) is 0 Å². The Bertz CT molecular complexity index is 661. The summed E-state index contributed by atoms with van der Waals surface area (Å²) in [6.45, 7) is 0.455. The predicted molar refractivity (Wildman–Crippen MR) is 69.7 cm³/mol. The maximum atomic E-state index is 13.2. The number of aromatic carboxylic acids is 1. The molecular formula is C13H9FN2O2S. The lowest BCUT2D eigenvalue weighted by Crippen LogP contribution is -2.03. The fraction of sp³-hybridized carbons (Fsp3) is 0.0769. The normalized spacial score (nSPS) is 9.89. The number of carboxylic acid groups (broad SMARTS) is 1. The quantitative estimate of drug-likeness (QED) is 0.900. The molecule has 2 N–H and O–H groups in total. The van der Waals surface area contributed by atoms with Crippen molar-refractivity contribution in [3.63, 3.8) is 0 Å². The number of anilines is 1. The molecule has 0 bridgehead atoms. The van der Waals surface area contributed by atoms with Crippen molar-refractivity contribution in [2.75, 3.05) is 5.32 Å². The number of nitriles is 1. The van der Waals surface area contributed by atoms with E-state index in [2.05, 4.69) is 5.32 Å². The van der Waals surface area contributed by atoms with E-state index in [-0.39, 0.29) is 5.56 Å². The molecule has 0 amide bonds. The van der Waals surface area contributed by atoms with Gasteiger partial charge in [0.1, 0.15) is 11.9 Å². The highest BCUT2D eigenvalue weighted by Gasteiger charge is 2.10. The molecule has 0 atom stereocenters. The lowest BCUT2D eigenvalue weighted by molar-refractivity contribution is 0.0692. The fourth-order valence-electron chi connectivity index (χ4n) is 1.52. The van der Waals surface area contributed by atoms with Gasteiger partial charge in [-0.05, 0) is 24.3 Å². The minimum absolute atomic E-state index is 0.367. The Hall–Kier alpha value is -2.39. The number of carboxylic acids is 1. The van der Waals surface area contributed by atoms with Crippen molar-refractivity contribution >= 4 is 23.0 Å². The summed E-state index contributed by atoms with van der Waals surface area (Å²) in [6, 6.07) is 7.61. The summed E-state index contributed by atoms with van der Waals surface area (Å²) in [5, 5.41) is 22.2. The molecule has 0 aliphatic heterocycles. The summed E-state index contributed by atoms with van der Waals surface area (Å²) in [6.07, 6.45) is 0. The predicted octanol–water partition coefficient (Wildman–Crippen LogP) is 3.07. The van der Waals surface area contributed by atoms with Crippen LogP contribution in [0.25, 0.3) is 0 Å². The number of hydrogen-bond donors (Lipinski definition) is 2. The highest BCUT2D eigenvalue weighted by Crippen LogP contribution is 2.18. The van der Waals surface area contributed by atoms with Gasteiger partial charge >= 0.3 is 5.97 Å². The average Bonchev–Trinajstić information content (AvgIpc) is 2.85. The van der Waals surface area contributed by atoms with Gasteiger partial charge in [0.25, 0.3) is 0 Å². The molecule has 0 aliphatic rings. The molecule has 0 saturated carbocycles. The van der Waals surface area contributed by atoms with E-state index >= 15 is 0 Å². The van der Waals surface area contributed by atoms with Gasteiger partial charge in [0.05, 0.1) is 11.1 Å². The molecule has 2 aromatic rings. The van der Waals surface area contributed by atoms with E-state index in [0.717, 1.165) is 10.9 Å². The molecule has 0 radical (unpaired) electrons. The summed E-state index contributed by atoms with van der Waals surface area (Å²) in [5.74, 6) is -2.06. The van der Waals surface area contributed by atoms with Crippen molar-refractivity contribution < 1.29 is 14.3 Å². The zero-order valence-corrected chi connectivity index (χ0v) is 10.5. The molecule has 19 heavy (non-hydrogen) atoms. The molecule has 0 aliphatic carbocycles. The standard InChI is InChI=1S/C13H9FN2O2S/c14-12-2-1-9(4-11(12)13(17)18)16-6-10-3-8(5-15)7-19-10/h1-4,7,16H,6H2,(H,17,18). The van der Waals surface area contributed by atoms with Gasteiger partial charge in [0, 0.05) is 22.5 Å². The molecular weight excluding hydrogens is 267 g/mol. The van der Waals surface area contributed by atoms with Crippen LogP contribution in [0.2, 0.25) is 0 Å². The van der Waals surface area contributed by atoms with E-state index in [0.29, 0.717) is 17.8 Å². The van der Waals surface area contributed by atoms with E-state index in [1.54, 1.807) is 11.4 Å². The topological polar surface area (TPSA) is 73.1 Å². The first-order valence-electron chi connectivity index (χ1n) is 5.34. The van der Waals surface area contributed by atoms with Gasteiger partial charge in [-0.2, -0.15) is 5.26 Å².